The Hall–Kier alpha value is -2.30. The normalized spacial score (nSPS) is 19.8. The lowest BCUT2D eigenvalue weighted by Gasteiger charge is -2.25. The van der Waals surface area contributed by atoms with E-state index in [0.29, 0.717) is 6.42 Å². The van der Waals surface area contributed by atoms with Crippen molar-refractivity contribution in [2.45, 2.75) is 31.8 Å². The summed E-state index contributed by atoms with van der Waals surface area (Å²) in [7, 11) is 0. The molecule has 0 saturated carbocycles. The standard InChI is InChI=1S/C16H19NO4/c1-2-3-9-14(15(18)19)17-13(11-21-16(17)20)10-12-7-5-4-6-8-12/h3-9,13-14H,2,10-11H2,1H3,(H,18,19)/b9-3+. The van der Waals surface area contributed by atoms with Gasteiger partial charge in [-0.2, -0.15) is 0 Å². The monoisotopic (exact) mass is 289 g/mol. The Kier molecular flexibility index (Phi) is 4.98. The number of carbonyl (C=O) groups is 2. The molecule has 0 spiro atoms. The first kappa shape index (κ1) is 15.1. The summed E-state index contributed by atoms with van der Waals surface area (Å²) in [5.41, 5.74) is 1.05. The summed E-state index contributed by atoms with van der Waals surface area (Å²) >= 11 is 0. The number of hydrogen-bond donors (Lipinski definition) is 1. The molecule has 2 rings (SSSR count). The fourth-order valence-electron chi connectivity index (χ4n) is 2.41. The number of rotatable bonds is 6. The molecule has 5 nitrogen and oxygen atoms in total. The number of nitrogens with zero attached hydrogens (tertiary/aromatic N) is 1. The van der Waals surface area contributed by atoms with E-state index in [1.54, 1.807) is 12.2 Å². The molecule has 1 fully saturated rings. The zero-order valence-corrected chi connectivity index (χ0v) is 11.9. The molecule has 1 saturated heterocycles. The Morgan fingerprint density at radius 2 is 2.19 bits per heavy atom. The van der Waals surface area contributed by atoms with Crippen molar-refractivity contribution in [3.05, 3.63) is 48.0 Å². The van der Waals surface area contributed by atoms with Gasteiger partial charge in [0.1, 0.15) is 6.61 Å². The van der Waals surface area contributed by atoms with Crippen molar-refractivity contribution in [1.29, 1.82) is 0 Å². The SMILES string of the molecule is CC/C=C/C(C(=O)O)N1C(=O)OCC1Cc1ccccc1. The van der Waals surface area contributed by atoms with Gasteiger partial charge in [-0.3, -0.25) is 4.90 Å². The van der Waals surface area contributed by atoms with E-state index in [4.69, 9.17) is 4.74 Å². The molecule has 0 aliphatic carbocycles. The summed E-state index contributed by atoms with van der Waals surface area (Å²) in [4.78, 5) is 24.6. The maximum atomic E-state index is 11.9. The molecule has 1 aromatic carbocycles. The average molecular weight is 289 g/mol. The van der Waals surface area contributed by atoms with Crippen LogP contribution in [-0.2, 0) is 16.0 Å². The Labute approximate surface area is 123 Å². The highest BCUT2D eigenvalue weighted by atomic mass is 16.6. The topological polar surface area (TPSA) is 66.8 Å². The first-order valence-electron chi connectivity index (χ1n) is 7.02. The molecular formula is C16H19NO4. The second-order valence-corrected chi connectivity index (χ2v) is 4.95. The van der Waals surface area contributed by atoms with Crippen LogP contribution < -0.4 is 0 Å². The van der Waals surface area contributed by atoms with Crippen LogP contribution in [0.5, 0.6) is 0 Å². The summed E-state index contributed by atoms with van der Waals surface area (Å²) in [5.74, 6) is -1.04. The molecule has 5 heteroatoms. The third-order valence-electron chi connectivity index (χ3n) is 3.42. The largest absolute Gasteiger partial charge is 0.479 e. The summed E-state index contributed by atoms with van der Waals surface area (Å²) in [6, 6.07) is 8.43. The van der Waals surface area contributed by atoms with E-state index in [-0.39, 0.29) is 12.6 Å². The van der Waals surface area contributed by atoms with Crippen molar-refractivity contribution in [3.63, 3.8) is 0 Å². The molecule has 1 aromatic rings. The number of aliphatic carboxylic acids is 1. The van der Waals surface area contributed by atoms with Crippen molar-refractivity contribution < 1.29 is 19.4 Å². The molecule has 112 valence electrons. The maximum absolute atomic E-state index is 11.9. The van der Waals surface area contributed by atoms with Gasteiger partial charge in [0.2, 0.25) is 0 Å². The molecule has 0 aromatic heterocycles. The van der Waals surface area contributed by atoms with Gasteiger partial charge < -0.3 is 9.84 Å². The highest BCUT2D eigenvalue weighted by Crippen LogP contribution is 2.21. The lowest BCUT2D eigenvalue weighted by Crippen LogP contribution is -2.46. The predicted molar refractivity (Wildman–Crippen MR) is 78.0 cm³/mol. The first-order valence-corrected chi connectivity index (χ1v) is 7.02. The van der Waals surface area contributed by atoms with Crippen molar-refractivity contribution in [2.24, 2.45) is 0 Å². The van der Waals surface area contributed by atoms with Crippen LogP contribution in [0.4, 0.5) is 4.79 Å². The molecule has 0 bridgehead atoms. The number of carboxylic acids is 1. The van der Waals surface area contributed by atoms with Crippen LogP contribution >= 0.6 is 0 Å². The quantitative estimate of drug-likeness (QED) is 0.817. The van der Waals surface area contributed by atoms with Crippen LogP contribution in [0.2, 0.25) is 0 Å². The average Bonchev–Trinajstić information content (AvgIpc) is 2.82. The first-order chi connectivity index (χ1) is 10.1. The minimum Gasteiger partial charge on any atom is -0.479 e. The van der Waals surface area contributed by atoms with Gasteiger partial charge >= 0.3 is 12.1 Å². The van der Waals surface area contributed by atoms with E-state index in [9.17, 15) is 14.7 Å². The van der Waals surface area contributed by atoms with E-state index < -0.39 is 18.1 Å². The molecule has 0 radical (unpaired) electrons. The number of carbonyl (C=O) groups excluding carboxylic acids is 1. The lowest BCUT2D eigenvalue weighted by molar-refractivity contribution is -0.140. The third-order valence-corrected chi connectivity index (χ3v) is 3.42. The predicted octanol–water partition coefficient (Wildman–Crippen LogP) is 2.47. The number of benzene rings is 1. The second-order valence-electron chi connectivity index (χ2n) is 4.95. The van der Waals surface area contributed by atoms with E-state index in [2.05, 4.69) is 0 Å². The zero-order chi connectivity index (χ0) is 15.2. The molecule has 2 unspecified atom stereocenters. The molecule has 1 aliphatic rings. The van der Waals surface area contributed by atoms with Gasteiger partial charge in [0.05, 0.1) is 6.04 Å². The lowest BCUT2D eigenvalue weighted by atomic mass is 10.0. The van der Waals surface area contributed by atoms with Gasteiger partial charge in [0.25, 0.3) is 0 Å². The van der Waals surface area contributed by atoms with Crippen molar-refractivity contribution in [1.82, 2.24) is 4.90 Å². The Morgan fingerprint density at radius 1 is 1.48 bits per heavy atom. The fraction of sp³-hybridized carbons (Fsp3) is 0.375. The van der Waals surface area contributed by atoms with E-state index in [1.807, 2.05) is 37.3 Å². The fourth-order valence-corrected chi connectivity index (χ4v) is 2.41. The van der Waals surface area contributed by atoms with Crippen molar-refractivity contribution in [2.75, 3.05) is 6.61 Å². The number of ether oxygens (including phenoxy) is 1. The van der Waals surface area contributed by atoms with Crippen LogP contribution in [0.15, 0.2) is 42.5 Å². The number of allylic oxidation sites excluding steroid dienone is 1. The number of carboxylic acid groups (broad SMARTS) is 1. The Balaban J connectivity index is 2.19. The molecule has 21 heavy (non-hydrogen) atoms. The summed E-state index contributed by atoms with van der Waals surface area (Å²) in [6.45, 7) is 2.14. The van der Waals surface area contributed by atoms with Crippen molar-refractivity contribution in [3.8, 4) is 0 Å². The van der Waals surface area contributed by atoms with Gasteiger partial charge in [-0.1, -0.05) is 49.4 Å². The summed E-state index contributed by atoms with van der Waals surface area (Å²) in [5, 5.41) is 9.36. The van der Waals surface area contributed by atoms with Crippen molar-refractivity contribution >= 4 is 12.1 Å². The second kappa shape index (κ2) is 6.92. The van der Waals surface area contributed by atoms with Crippen LogP contribution in [0, 0.1) is 0 Å². The summed E-state index contributed by atoms with van der Waals surface area (Å²) < 4.78 is 5.05. The molecule has 1 heterocycles. The maximum Gasteiger partial charge on any atom is 0.411 e. The van der Waals surface area contributed by atoms with Gasteiger partial charge in [-0.05, 0) is 18.4 Å². The molecular weight excluding hydrogens is 270 g/mol. The van der Waals surface area contributed by atoms with E-state index in [1.165, 1.54) is 4.90 Å². The molecule has 1 aliphatic heterocycles. The van der Waals surface area contributed by atoms with Crippen LogP contribution in [0.1, 0.15) is 18.9 Å². The highest BCUT2D eigenvalue weighted by molar-refractivity contribution is 5.83. The minimum absolute atomic E-state index is 0.220. The number of hydrogen-bond acceptors (Lipinski definition) is 3. The number of amides is 1. The van der Waals surface area contributed by atoms with E-state index in [0.717, 1.165) is 12.0 Å². The van der Waals surface area contributed by atoms with Gasteiger partial charge in [-0.15, -0.1) is 0 Å². The summed E-state index contributed by atoms with van der Waals surface area (Å²) in [6.07, 6.45) is 4.03. The van der Waals surface area contributed by atoms with Gasteiger partial charge in [0, 0.05) is 0 Å². The minimum atomic E-state index is -1.04. The molecule has 1 amide bonds. The van der Waals surface area contributed by atoms with Crippen LogP contribution in [0.25, 0.3) is 0 Å². The van der Waals surface area contributed by atoms with Gasteiger partial charge in [0.15, 0.2) is 6.04 Å². The smallest absolute Gasteiger partial charge is 0.411 e. The highest BCUT2D eigenvalue weighted by Gasteiger charge is 2.40. The number of cyclic esters (lactones) is 1. The third kappa shape index (κ3) is 3.62. The molecule has 1 N–H and O–H groups in total. The molecule has 2 atom stereocenters. The van der Waals surface area contributed by atoms with Crippen LogP contribution in [0.3, 0.4) is 0 Å². The van der Waals surface area contributed by atoms with E-state index >= 15 is 0 Å². The Morgan fingerprint density at radius 3 is 2.81 bits per heavy atom. The Bertz CT molecular complexity index is 526. The zero-order valence-electron chi connectivity index (χ0n) is 11.9. The van der Waals surface area contributed by atoms with Crippen LogP contribution in [-0.4, -0.2) is 40.8 Å². The van der Waals surface area contributed by atoms with Gasteiger partial charge in [-0.25, -0.2) is 9.59 Å².